The molecule has 0 heterocycles. The maximum Gasteiger partial charge on any atom is 0.251 e. The maximum absolute atomic E-state index is 12.8. The van der Waals surface area contributed by atoms with Gasteiger partial charge in [-0.15, -0.1) is 0 Å². The zero-order valence-corrected chi connectivity index (χ0v) is 19.0. The highest BCUT2D eigenvalue weighted by Gasteiger charge is 2.11. The number of hydrogen-bond acceptors (Lipinski definition) is 3. The molecule has 0 fully saturated rings. The first-order valence-electron chi connectivity index (χ1n) is 11.0. The van der Waals surface area contributed by atoms with Crippen molar-refractivity contribution >= 4 is 40.9 Å². The first-order valence-corrected chi connectivity index (χ1v) is 11.0. The van der Waals surface area contributed by atoms with E-state index in [0.29, 0.717) is 23.5 Å². The summed E-state index contributed by atoms with van der Waals surface area (Å²) in [7, 11) is 0. The second-order valence-corrected chi connectivity index (χ2v) is 7.76. The van der Waals surface area contributed by atoms with Crippen molar-refractivity contribution in [2.24, 2.45) is 0 Å². The average Bonchev–Trinajstić information content (AvgIpc) is 2.82. The Bertz CT molecular complexity index is 1160. The number of carbonyl (C=O) groups is 2. The van der Waals surface area contributed by atoms with E-state index in [2.05, 4.69) is 10.6 Å². The molecule has 5 nitrogen and oxygen atoms in total. The van der Waals surface area contributed by atoms with Gasteiger partial charge in [-0.3, -0.25) is 9.59 Å². The Morgan fingerprint density at radius 1 is 0.909 bits per heavy atom. The Hall–Kier alpha value is -4.12. The number of amides is 2. The molecule has 0 aromatic heterocycles. The molecule has 5 heteroatoms. The Balaban J connectivity index is 1.75. The lowest BCUT2D eigenvalue weighted by atomic mass is 10.00. The molecule has 0 radical (unpaired) electrons. The number of aryl methyl sites for hydroxylation is 1. The Labute approximate surface area is 195 Å². The third-order valence-corrected chi connectivity index (χ3v) is 5.04. The van der Waals surface area contributed by atoms with Crippen LogP contribution in [0.5, 0.6) is 0 Å². The number of nitrogens with two attached hydrogens (primary N) is 1. The second kappa shape index (κ2) is 11.5. The van der Waals surface area contributed by atoms with Crippen molar-refractivity contribution in [3.05, 3.63) is 101 Å². The van der Waals surface area contributed by atoms with Crippen molar-refractivity contribution in [1.29, 1.82) is 0 Å². The number of nitrogens with one attached hydrogen (secondary N) is 2. The fraction of sp³-hybridized carbons (Fsp3) is 0.143. The number of rotatable bonds is 8. The molecule has 33 heavy (non-hydrogen) atoms. The van der Waals surface area contributed by atoms with Gasteiger partial charge in [-0.1, -0.05) is 73.2 Å². The van der Waals surface area contributed by atoms with Crippen LogP contribution in [0.2, 0.25) is 0 Å². The maximum atomic E-state index is 12.8. The summed E-state index contributed by atoms with van der Waals surface area (Å²) >= 11 is 0. The van der Waals surface area contributed by atoms with Crippen molar-refractivity contribution in [3.63, 3.8) is 0 Å². The molecule has 3 aromatic rings. The minimum atomic E-state index is -0.258. The number of para-hydroxylation sites is 2. The summed E-state index contributed by atoms with van der Waals surface area (Å²) in [4.78, 5) is 25.0. The smallest absolute Gasteiger partial charge is 0.251 e. The zero-order valence-electron chi connectivity index (χ0n) is 19.0. The molecule has 0 aliphatic heterocycles. The van der Waals surface area contributed by atoms with E-state index < -0.39 is 0 Å². The minimum Gasteiger partial charge on any atom is -0.397 e. The van der Waals surface area contributed by atoms with Crippen molar-refractivity contribution in [2.75, 3.05) is 17.6 Å². The normalized spacial score (nSPS) is 11.4. The number of anilines is 2. The lowest BCUT2D eigenvalue weighted by molar-refractivity contribution is -0.115. The second-order valence-electron chi connectivity index (χ2n) is 7.76. The number of hydrogen-bond donors (Lipinski definition) is 3. The average molecular weight is 440 g/mol. The molecular weight excluding hydrogens is 410 g/mol. The topological polar surface area (TPSA) is 84.2 Å². The van der Waals surface area contributed by atoms with Crippen LogP contribution in [0.4, 0.5) is 11.4 Å². The van der Waals surface area contributed by atoms with Crippen molar-refractivity contribution in [2.45, 2.75) is 20.3 Å². The largest absolute Gasteiger partial charge is 0.397 e. The Kier molecular flexibility index (Phi) is 8.19. The number of benzene rings is 3. The highest BCUT2D eigenvalue weighted by molar-refractivity contribution is 6.24. The summed E-state index contributed by atoms with van der Waals surface area (Å²) in [6.45, 7) is 4.67. The monoisotopic (exact) mass is 439 g/mol. The van der Waals surface area contributed by atoms with Gasteiger partial charge in [0, 0.05) is 18.2 Å². The molecule has 0 aliphatic rings. The van der Waals surface area contributed by atoms with Crippen molar-refractivity contribution in [3.8, 4) is 0 Å². The van der Waals surface area contributed by atoms with E-state index in [0.717, 1.165) is 28.7 Å². The van der Waals surface area contributed by atoms with Crippen LogP contribution in [-0.4, -0.2) is 18.4 Å². The summed E-state index contributed by atoms with van der Waals surface area (Å²) in [5, 5.41) is 5.73. The molecule has 0 spiro atoms. The molecule has 168 valence electrons. The molecule has 4 N–H and O–H groups in total. The van der Waals surface area contributed by atoms with E-state index in [1.54, 1.807) is 18.2 Å². The van der Waals surface area contributed by atoms with Crippen molar-refractivity contribution < 1.29 is 9.59 Å². The van der Waals surface area contributed by atoms with Gasteiger partial charge in [-0.2, -0.15) is 0 Å². The third kappa shape index (κ3) is 6.94. The minimum absolute atomic E-state index is 0.0958. The van der Waals surface area contributed by atoms with Gasteiger partial charge in [-0.25, -0.2) is 0 Å². The predicted molar refractivity (Wildman–Crippen MR) is 137 cm³/mol. The molecule has 0 saturated carbocycles. The summed E-state index contributed by atoms with van der Waals surface area (Å²) in [5.74, 6) is -0.354. The van der Waals surface area contributed by atoms with Crippen LogP contribution in [0.25, 0.3) is 17.7 Å². The van der Waals surface area contributed by atoms with Crippen LogP contribution >= 0.6 is 0 Å². The molecule has 3 rings (SSSR count). The fourth-order valence-electron chi connectivity index (χ4n) is 3.17. The summed E-state index contributed by atoms with van der Waals surface area (Å²) < 4.78 is 0. The zero-order chi connectivity index (χ0) is 23.6. The third-order valence-electron chi connectivity index (χ3n) is 5.04. The van der Waals surface area contributed by atoms with Gasteiger partial charge in [0.2, 0.25) is 5.91 Å². The van der Waals surface area contributed by atoms with Crippen LogP contribution in [0, 0.1) is 6.92 Å². The van der Waals surface area contributed by atoms with E-state index in [9.17, 15) is 9.59 Å². The molecule has 0 bridgehead atoms. The summed E-state index contributed by atoms with van der Waals surface area (Å²) in [5.41, 5.74) is 11.4. The standard InChI is InChI=1S/C28H29N3O2/c1-3-18-30-28(33)24(23-15-8-20(2)9-16-23)19-22-12-10-21(11-13-22)14-17-27(32)31-26-7-5-4-6-25(26)29/h4-17,19H,3,18,29H2,1-2H3,(H,30,33)(H,31,32)/b17-14+,24-19+. The summed E-state index contributed by atoms with van der Waals surface area (Å²) in [6.07, 6.45) is 5.95. The molecule has 0 unspecified atom stereocenters. The van der Waals surface area contributed by atoms with E-state index in [4.69, 9.17) is 5.73 Å². The number of nitrogen functional groups attached to an aromatic ring is 1. The molecule has 2 amide bonds. The van der Waals surface area contributed by atoms with Crippen molar-refractivity contribution in [1.82, 2.24) is 5.32 Å². The quantitative estimate of drug-likeness (QED) is 0.253. The molecule has 0 atom stereocenters. The Morgan fingerprint density at radius 2 is 1.58 bits per heavy atom. The van der Waals surface area contributed by atoms with Crippen LogP contribution in [0.3, 0.4) is 0 Å². The van der Waals surface area contributed by atoms with E-state index >= 15 is 0 Å². The van der Waals surface area contributed by atoms with Crippen LogP contribution in [0.15, 0.2) is 78.9 Å². The SMILES string of the molecule is CCCNC(=O)/C(=C/c1ccc(/C=C/C(=O)Nc2ccccc2N)cc1)c1ccc(C)cc1. The van der Waals surface area contributed by atoms with Gasteiger partial charge in [0.25, 0.3) is 5.91 Å². The van der Waals surface area contributed by atoms with Gasteiger partial charge >= 0.3 is 0 Å². The van der Waals surface area contributed by atoms with Crippen LogP contribution < -0.4 is 16.4 Å². The predicted octanol–water partition coefficient (Wildman–Crippen LogP) is 5.30. The molecule has 0 aliphatic carbocycles. The summed E-state index contributed by atoms with van der Waals surface area (Å²) in [6, 6.07) is 22.7. The van der Waals surface area contributed by atoms with Crippen LogP contribution in [-0.2, 0) is 9.59 Å². The van der Waals surface area contributed by atoms with Gasteiger partial charge in [0.1, 0.15) is 0 Å². The van der Waals surface area contributed by atoms with Gasteiger partial charge < -0.3 is 16.4 Å². The number of carbonyl (C=O) groups excluding carboxylic acids is 2. The first kappa shape index (κ1) is 23.5. The molecule has 3 aromatic carbocycles. The lowest BCUT2D eigenvalue weighted by Gasteiger charge is -2.10. The Morgan fingerprint density at radius 3 is 2.24 bits per heavy atom. The lowest BCUT2D eigenvalue weighted by Crippen LogP contribution is -2.24. The van der Waals surface area contributed by atoms with Crippen LogP contribution in [0.1, 0.15) is 35.6 Å². The molecule has 0 saturated heterocycles. The van der Waals surface area contributed by atoms with Gasteiger partial charge in [0.05, 0.1) is 11.4 Å². The van der Waals surface area contributed by atoms with Gasteiger partial charge in [-0.05, 0) is 54.3 Å². The van der Waals surface area contributed by atoms with E-state index in [1.165, 1.54) is 6.08 Å². The van der Waals surface area contributed by atoms with E-state index in [-0.39, 0.29) is 11.8 Å². The highest BCUT2D eigenvalue weighted by Crippen LogP contribution is 2.20. The fourth-order valence-corrected chi connectivity index (χ4v) is 3.17. The van der Waals surface area contributed by atoms with E-state index in [1.807, 2.05) is 80.6 Å². The first-order chi connectivity index (χ1) is 16.0. The molecular formula is C28H29N3O2. The van der Waals surface area contributed by atoms with Gasteiger partial charge in [0.15, 0.2) is 0 Å². The highest BCUT2D eigenvalue weighted by atomic mass is 16.2.